The molecule has 0 atom stereocenters. The van der Waals surface area contributed by atoms with Crippen LogP contribution in [0.3, 0.4) is 0 Å². The van der Waals surface area contributed by atoms with Crippen molar-refractivity contribution in [2.45, 2.75) is 6.42 Å². The molecule has 92 valence electrons. The molecule has 0 amide bonds. The van der Waals surface area contributed by atoms with Crippen LogP contribution in [-0.4, -0.2) is 21.9 Å². The van der Waals surface area contributed by atoms with Gasteiger partial charge in [0.1, 0.15) is 0 Å². The van der Waals surface area contributed by atoms with E-state index in [0.29, 0.717) is 18.1 Å². The number of hydrogen-bond acceptors (Lipinski definition) is 5. The maximum atomic E-state index is 9.65. The molecule has 1 aliphatic heterocycles. The third kappa shape index (κ3) is 1.93. The van der Waals surface area contributed by atoms with Crippen molar-refractivity contribution in [2.24, 2.45) is 0 Å². The number of halogens is 1. The molecule has 1 aliphatic rings. The third-order valence-corrected chi connectivity index (χ3v) is 2.78. The van der Waals surface area contributed by atoms with Gasteiger partial charge in [0.05, 0.1) is 6.61 Å². The number of aromatic hydroxyl groups is 1. The fraction of sp³-hybridized carbons (Fsp3) is 0.167. The van der Waals surface area contributed by atoms with Crippen LogP contribution in [0.1, 0.15) is 5.56 Å². The van der Waals surface area contributed by atoms with Crippen LogP contribution in [0.5, 0.6) is 23.1 Å². The van der Waals surface area contributed by atoms with Gasteiger partial charge in [-0.15, -0.1) is 10.2 Å². The van der Waals surface area contributed by atoms with E-state index in [1.165, 1.54) is 6.07 Å². The van der Waals surface area contributed by atoms with Crippen molar-refractivity contribution in [3.63, 3.8) is 0 Å². The normalized spacial score (nSPS) is 12.9. The number of ether oxygens (including phenoxy) is 2. The first-order chi connectivity index (χ1) is 8.74. The summed E-state index contributed by atoms with van der Waals surface area (Å²) >= 11 is 5.60. The highest BCUT2D eigenvalue weighted by Gasteiger charge is 2.19. The second kappa shape index (κ2) is 4.34. The molecule has 1 aromatic carbocycles. The van der Waals surface area contributed by atoms with E-state index >= 15 is 0 Å². The summed E-state index contributed by atoms with van der Waals surface area (Å²) in [5, 5.41) is 17.1. The summed E-state index contributed by atoms with van der Waals surface area (Å²) in [4.78, 5) is 0. The first kappa shape index (κ1) is 11.1. The molecule has 0 fully saturated rings. The summed E-state index contributed by atoms with van der Waals surface area (Å²) < 4.78 is 11.0. The summed E-state index contributed by atoms with van der Waals surface area (Å²) in [5.41, 5.74) is 1.08. The molecule has 18 heavy (non-hydrogen) atoms. The van der Waals surface area contributed by atoms with E-state index in [0.717, 1.165) is 12.0 Å². The van der Waals surface area contributed by atoms with E-state index in [4.69, 9.17) is 21.1 Å². The lowest BCUT2D eigenvalue weighted by Crippen LogP contribution is -1.94. The Bertz CT molecular complexity index is 604. The molecule has 0 saturated heterocycles. The lowest BCUT2D eigenvalue weighted by atomic mass is 10.1. The van der Waals surface area contributed by atoms with Crippen LogP contribution in [-0.2, 0) is 6.42 Å². The Morgan fingerprint density at radius 3 is 3.06 bits per heavy atom. The summed E-state index contributed by atoms with van der Waals surface area (Å²) in [5.74, 6) is 1.04. The van der Waals surface area contributed by atoms with Crippen LogP contribution in [0.15, 0.2) is 24.3 Å². The zero-order valence-electron chi connectivity index (χ0n) is 9.26. The van der Waals surface area contributed by atoms with Gasteiger partial charge >= 0.3 is 0 Å². The highest BCUT2D eigenvalue weighted by atomic mass is 35.5. The van der Waals surface area contributed by atoms with E-state index in [-0.39, 0.29) is 16.8 Å². The Balaban J connectivity index is 1.95. The molecule has 0 spiro atoms. The van der Waals surface area contributed by atoms with Gasteiger partial charge in [-0.25, -0.2) is 0 Å². The fourth-order valence-corrected chi connectivity index (χ4v) is 1.93. The Morgan fingerprint density at radius 2 is 2.22 bits per heavy atom. The van der Waals surface area contributed by atoms with Gasteiger partial charge in [0, 0.05) is 18.1 Å². The first-order valence-electron chi connectivity index (χ1n) is 5.39. The van der Waals surface area contributed by atoms with Crippen molar-refractivity contribution in [3.05, 3.63) is 35.0 Å². The first-order valence-corrected chi connectivity index (χ1v) is 5.76. The van der Waals surface area contributed by atoms with Crippen LogP contribution >= 0.6 is 11.6 Å². The molecular weight excluding hydrogens is 256 g/mol. The average Bonchev–Trinajstić information content (AvgIpc) is 2.82. The molecule has 5 nitrogen and oxygen atoms in total. The van der Waals surface area contributed by atoms with E-state index in [2.05, 4.69) is 10.2 Å². The minimum Gasteiger partial charge on any atom is -0.503 e. The minimum absolute atomic E-state index is 0.00306. The summed E-state index contributed by atoms with van der Waals surface area (Å²) in [6.45, 7) is 0.633. The zero-order chi connectivity index (χ0) is 12.5. The van der Waals surface area contributed by atoms with Crippen molar-refractivity contribution >= 4 is 11.6 Å². The topological polar surface area (TPSA) is 64.5 Å². The molecule has 2 heterocycles. The highest BCUT2D eigenvalue weighted by Crippen LogP contribution is 2.39. The fourth-order valence-electron chi connectivity index (χ4n) is 1.79. The maximum absolute atomic E-state index is 9.65. The van der Waals surface area contributed by atoms with Crippen LogP contribution in [0.4, 0.5) is 0 Å². The number of nitrogens with zero attached hydrogens (tertiary/aromatic N) is 2. The maximum Gasteiger partial charge on any atom is 0.281 e. The molecule has 0 bridgehead atoms. The van der Waals surface area contributed by atoms with E-state index in [9.17, 15) is 5.11 Å². The van der Waals surface area contributed by atoms with Gasteiger partial charge < -0.3 is 14.6 Å². The van der Waals surface area contributed by atoms with E-state index < -0.39 is 0 Å². The zero-order valence-corrected chi connectivity index (χ0v) is 10.0. The standard InChI is InChI=1S/C12H9ClN2O3/c13-10-6-8(16)12(15-14-10)18-9-3-1-2-7-4-5-17-11(7)9/h1-3,6H,4-5H2,(H,14,16). The number of benzene rings is 1. The molecule has 0 unspecified atom stereocenters. The number of fused-ring (bicyclic) bond motifs is 1. The number of hydrogen-bond donors (Lipinski definition) is 1. The van der Waals surface area contributed by atoms with Crippen LogP contribution in [0, 0.1) is 0 Å². The largest absolute Gasteiger partial charge is 0.503 e. The van der Waals surface area contributed by atoms with Gasteiger partial charge in [0.2, 0.25) is 0 Å². The Morgan fingerprint density at radius 1 is 1.33 bits per heavy atom. The van der Waals surface area contributed by atoms with Crippen LogP contribution in [0.25, 0.3) is 0 Å². The van der Waals surface area contributed by atoms with Crippen molar-refractivity contribution < 1.29 is 14.6 Å². The second-order valence-corrected chi connectivity index (χ2v) is 4.19. The smallest absolute Gasteiger partial charge is 0.281 e. The highest BCUT2D eigenvalue weighted by molar-refractivity contribution is 6.29. The number of aromatic nitrogens is 2. The predicted molar refractivity (Wildman–Crippen MR) is 64.4 cm³/mol. The van der Waals surface area contributed by atoms with Gasteiger partial charge in [0.15, 0.2) is 22.4 Å². The van der Waals surface area contributed by atoms with Crippen molar-refractivity contribution in [1.29, 1.82) is 0 Å². The van der Waals surface area contributed by atoms with E-state index in [1.54, 1.807) is 6.07 Å². The monoisotopic (exact) mass is 264 g/mol. The molecule has 0 saturated carbocycles. The van der Waals surface area contributed by atoms with Crippen molar-refractivity contribution in [2.75, 3.05) is 6.61 Å². The van der Waals surface area contributed by atoms with Gasteiger partial charge in [-0.3, -0.25) is 0 Å². The summed E-state index contributed by atoms with van der Waals surface area (Å²) in [7, 11) is 0. The molecule has 0 aliphatic carbocycles. The van der Waals surface area contributed by atoms with Crippen molar-refractivity contribution in [1.82, 2.24) is 10.2 Å². The van der Waals surface area contributed by atoms with Gasteiger partial charge in [-0.2, -0.15) is 0 Å². The van der Waals surface area contributed by atoms with Crippen LogP contribution < -0.4 is 9.47 Å². The minimum atomic E-state index is -0.161. The Kier molecular flexibility index (Phi) is 2.68. The number of para-hydroxylation sites is 1. The summed E-state index contributed by atoms with van der Waals surface area (Å²) in [6, 6.07) is 6.86. The lowest BCUT2D eigenvalue weighted by molar-refractivity contribution is 0.329. The molecule has 0 radical (unpaired) electrons. The molecule has 2 aromatic rings. The lowest BCUT2D eigenvalue weighted by Gasteiger charge is -2.09. The molecule has 3 rings (SSSR count). The molecule has 6 heteroatoms. The Labute approximate surface area is 108 Å². The third-order valence-electron chi connectivity index (χ3n) is 2.60. The predicted octanol–water partition coefficient (Wildman–Crippen LogP) is 2.56. The quantitative estimate of drug-likeness (QED) is 0.903. The Hall–Kier alpha value is -2.01. The number of rotatable bonds is 2. The van der Waals surface area contributed by atoms with Crippen molar-refractivity contribution in [3.8, 4) is 23.1 Å². The van der Waals surface area contributed by atoms with Gasteiger partial charge in [0.25, 0.3) is 5.88 Å². The van der Waals surface area contributed by atoms with Crippen LogP contribution in [0.2, 0.25) is 5.15 Å². The van der Waals surface area contributed by atoms with Gasteiger partial charge in [-0.05, 0) is 6.07 Å². The molecule has 1 aromatic heterocycles. The summed E-state index contributed by atoms with van der Waals surface area (Å²) in [6.07, 6.45) is 0.852. The molecule has 1 N–H and O–H groups in total. The van der Waals surface area contributed by atoms with Gasteiger partial charge in [-0.1, -0.05) is 23.7 Å². The van der Waals surface area contributed by atoms with E-state index in [1.807, 2.05) is 12.1 Å². The average molecular weight is 265 g/mol. The SMILES string of the molecule is Oc1cc(Cl)nnc1Oc1cccc2c1OCC2. The second-order valence-electron chi connectivity index (χ2n) is 3.80. The molecular formula is C12H9ClN2O3.